The molecule has 114 valence electrons. The van der Waals surface area contributed by atoms with Gasteiger partial charge in [0.05, 0.1) is 11.8 Å². The van der Waals surface area contributed by atoms with Crippen LogP contribution in [0.15, 0.2) is 83.5 Å². The van der Waals surface area contributed by atoms with Gasteiger partial charge in [-0.1, -0.05) is 60.7 Å². The van der Waals surface area contributed by atoms with E-state index in [0.29, 0.717) is 17.9 Å². The molecule has 3 rings (SSSR count). The van der Waals surface area contributed by atoms with E-state index in [1.165, 1.54) is 0 Å². The third-order valence-electron chi connectivity index (χ3n) is 3.46. The van der Waals surface area contributed by atoms with Crippen LogP contribution in [-0.4, -0.2) is 5.91 Å². The fourth-order valence-corrected chi connectivity index (χ4v) is 2.29. The Kier molecular flexibility index (Phi) is 4.69. The maximum Gasteiger partial charge on any atom is 0.252 e. The summed E-state index contributed by atoms with van der Waals surface area (Å²) >= 11 is 0. The van der Waals surface area contributed by atoms with Crippen molar-refractivity contribution in [3.05, 3.63) is 95.9 Å². The van der Waals surface area contributed by atoms with Crippen molar-refractivity contribution in [3.8, 4) is 0 Å². The molecular formula is C20H17NO2. The molecule has 0 aliphatic heterocycles. The van der Waals surface area contributed by atoms with Gasteiger partial charge in [-0.2, -0.15) is 0 Å². The summed E-state index contributed by atoms with van der Waals surface area (Å²) in [4.78, 5) is 12.6. The fourth-order valence-electron chi connectivity index (χ4n) is 2.29. The number of hydrogen-bond donors (Lipinski definition) is 1. The van der Waals surface area contributed by atoms with Crippen LogP contribution in [-0.2, 0) is 11.3 Å². The second kappa shape index (κ2) is 7.27. The number of furan rings is 1. The van der Waals surface area contributed by atoms with Crippen molar-refractivity contribution in [3.63, 3.8) is 0 Å². The normalized spacial score (nSPS) is 11.2. The monoisotopic (exact) mass is 303 g/mol. The highest BCUT2D eigenvalue weighted by Crippen LogP contribution is 2.19. The van der Waals surface area contributed by atoms with E-state index in [9.17, 15) is 4.79 Å². The molecule has 0 unspecified atom stereocenters. The van der Waals surface area contributed by atoms with E-state index in [2.05, 4.69) is 5.32 Å². The molecule has 23 heavy (non-hydrogen) atoms. The van der Waals surface area contributed by atoms with E-state index in [4.69, 9.17) is 4.42 Å². The second-order valence-corrected chi connectivity index (χ2v) is 5.11. The third-order valence-corrected chi connectivity index (χ3v) is 3.46. The highest BCUT2D eigenvalue weighted by atomic mass is 16.3. The topological polar surface area (TPSA) is 42.2 Å². The Bertz CT molecular complexity index is 775. The van der Waals surface area contributed by atoms with Crippen LogP contribution in [0.4, 0.5) is 0 Å². The summed E-state index contributed by atoms with van der Waals surface area (Å²) in [5.74, 6) is 0.523. The first-order chi connectivity index (χ1) is 11.3. The Morgan fingerprint density at radius 1 is 0.913 bits per heavy atom. The Labute approximate surface area is 135 Å². The van der Waals surface area contributed by atoms with Gasteiger partial charge < -0.3 is 9.73 Å². The average molecular weight is 303 g/mol. The Balaban J connectivity index is 1.82. The number of carbonyl (C=O) groups is 1. The van der Waals surface area contributed by atoms with Crippen LogP contribution in [0.5, 0.6) is 0 Å². The van der Waals surface area contributed by atoms with E-state index in [-0.39, 0.29) is 5.91 Å². The van der Waals surface area contributed by atoms with E-state index in [1.807, 2.05) is 66.7 Å². The molecule has 0 spiro atoms. The van der Waals surface area contributed by atoms with E-state index < -0.39 is 0 Å². The largest absolute Gasteiger partial charge is 0.465 e. The first-order valence-electron chi connectivity index (χ1n) is 7.46. The minimum Gasteiger partial charge on any atom is -0.465 e. The molecule has 2 aromatic carbocycles. The molecule has 1 N–H and O–H groups in total. The Morgan fingerprint density at radius 3 is 2.26 bits per heavy atom. The lowest BCUT2D eigenvalue weighted by molar-refractivity contribution is -0.115. The summed E-state index contributed by atoms with van der Waals surface area (Å²) in [5.41, 5.74) is 2.50. The molecule has 0 aliphatic rings. The van der Waals surface area contributed by atoms with Crippen LogP contribution in [0.25, 0.3) is 11.6 Å². The van der Waals surface area contributed by atoms with Gasteiger partial charge in [0.1, 0.15) is 5.76 Å². The molecule has 1 heterocycles. The van der Waals surface area contributed by atoms with Gasteiger partial charge in [-0.3, -0.25) is 4.79 Å². The molecule has 3 nitrogen and oxygen atoms in total. The average Bonchev–Trinajstić information content (AvgIpc) is 3.12. The van der Waals surface area contributed by atoms with Crippen LogP contribution < -0.4 is 5.32 Å². The molecule has 0 saturated carbocycles. The Morgan fingerprint density at radius 2 is 1.61 bits per heavy atom. The van der Waals surface area contributed by atoms with Gasteiger partial charge in [0, 0.05) is 6.54 Å². The molecule has 0 radical (unpaired) electrons. The lowest BCUT2D eigenvalue weighted by atomic mass is 10.0. The first kappa shape index (κ1) is 14.9. The molecule has 0 fully saturated rings. The summed E-state index contributed by atoms with van der Waals surface area (Å²) < 4.78 is 5.34. The van der Waals surface area contributed by atoms with Gasteiger partial charge in [0.2, 0.25) is 0 Å². The minimum absolute atomic E-state index is 0.128. The molecule has 0 atom stereocenters. The molecule has 0 saturated heterocycles. The van der Waals surface area contributed by atoms with Crippen LogP contribution in [0.2, 0.25) is 0 Å². The summed E-state index contributed by atoms with van der Waals surface area (Å²) in [6, 6.07) is 23.0. The van der Waals surface area contributed by atoms with Crippen molar-refractivity contribution in [2.45, 2.75) is 6.54 Å². The minimum atomic E-state index is -0.128. The first-order valence-corrected chi connectivity index (χ1v) is 7.46. The number of nitrogens with one attached hydrogen (secondary N) is 1. The van der Waals surface area contributed by atoms with Crippen molar-refractivity contribution in [1.29, 1.82) is 0 Å². The zero-order valence-corrected chi connectivity index (χ0v) is 12.6. The Hall–Kier alpha value is -3.07. The van der Waals surface area contributed by atoms with Gasteiger partial charge in [0.25, 0.3) is 5.91 Å². The molecule has 1 aromatic heterocycles. The SMILES string of the molecule is O=C(NCc1ccccc1)/C(=C/c1ccco1)c1ccccc1. The number of carbonyl (C=O) groups excluding carboxylic acids is 1. The third kappa shape index (κ3) is 3.98. The lowest BCUT2D eigenvalue weighted by Crippen LogP contribution is -2.23. The van der Waals surface area contributed by atoms with Crippen LogP contribution in [0.1, 0.15) is 16.9 Å². The van der Waals surface area contributed by atoms with Gasteiger partial charge in [-0.15, -0.1) is 0 Å². The van der Waals surface area contributed by atoms with Crippen molar-refractivity contribution in [2.75, 3.05) is 0 Å². The van der Waals surface area contributed by atoms with Crippen LogP contribution >= 0.6 is 0 Å². The van der Waals surface area contributed by atoms with Crippen molar-refractivity contribution >= 4 is 17.6 Å². The van der Waals surface area contributed by atoms with Gasteiger partial charge in [0.15, 0.2) is 0 Å². The number of benzene rings is 2. The van der Waals surface area contributed by atoms with Crippen molar-refractivity contribution in [1.82, 2.24) is 5.32 Å². The zero-order chi connectivity index (χ0) is 15.9. The fraction of sp³-hybridized carbons (Fsp3) is 0.0500. The van der Waals surface area contributed by atoms with Gasteiger partial charge >= 0.3 is 0 Å². The summed E-state index contributed by atoms with van der Waals surface area (Å²) in [6.45, 7) is 0.488. The quantitative estimate of drug-likeness (QED) is 0.720. The van der Waals surface area contributed by atoms with Gasteiger partial charge in [-0.25, -0.2) is 0 Å². The molecule has 0 bridgehead atoms. The summed E-state index contributed by atoms with van der Waals surface area (Å²) in [6.07, 6.45) is 3.35. The zero-order valence-electron chi connectivity index (χ0n) is 12.6. The van der Waals surface area contributed by atoms with Crippen molar-refractivity contribution in [2.24, 2.45) is 0 Å². The van der Waals surface area contributed by atoms with E-state index >= 15 is 0 Å². The molecular weight excluding hydrogens is 286 g/mol. The predicted molar refractivity (Wildman–Crippen MR) is 91.3 cm³/mol. The molecule has 0 aliphatic carbocycles. The number of hydrogen-bond acceptors (Lipinski definition) is 2. The maximum absolute atomic E-state index is 12.6. The molecule has 1 amide bonds. The van der Waals surface area contributed by atoms with Crippen LogP contribution in [0.3, 0.4) is 0 Å². The highest BCUT2D eigenvalue weighted by Gasteiger charge is 2.12. The number of amides is 1. The molecule has 3 heteroatoms. The summed E-state index contributed by atoms with van der Waals surface area (Å²) in [7, 11) is 0. The second-order valence-electron chi connectivity index (χ2n) is 5.11. The van der Waals surface area contributed by atoms with Crippen LogP contribution in [0, 0.1) is 0 Å². The summed E-state index contributed by atoms with van der Waals surface area (Å²) in [5, 5.41) is 2.96. The smallest absolute Gasteiger partial charge is 0.252 e. The van der Waals surface area contributed by atoms with E-state index in [1.54, 1.807) is 18.4 Å². The predicted octanol–water partition coefficient (Wildman–Crippen LogP) is 4.14. The highest BCUT2D eigenvalue weighted by molar-refractivity contribution is 6.23. The number of rotatable bonds is 5. The van der Waals surface area contributed by atoms with Crippen molar-refractivity contribution < 1.29 is 9.21 Å². The van der Waals surface area contributed by atoms with E-state index in [0.717, 1.165) is 11.1 Å². The standard InChI is InChI=1S/C20H17NO2/c22-20(21-15-16-8-3-1-4-9-16)19(14-18-12-7-13-23-18)17-10-5-2-6-11-17/h1-14H,15H2,(H,21,22)/b19-14+. The van der Waals surface area contributed by atoms with Gasteiger partial charge in [-0.05, 0) is 29.3 Å². The molecule has 3 aromatic rings. The maximum atomic E-state index is 12.6. The lowest BCUT2D eigenvalue weighted by Gasteiger charge is -2.09.